The number of hydrogen-bond acceptors (Lipinski definition) is 2. The first kappa shape index (κ1) is 8.78. The Hall–Kier alpha value is -0.800. The van der Waals surface area contributed by atoms with E-state index < -0.39 is 0 Å². The fourth-order valence-electron chi connectivity index (χ4n) is 1.19. The molecule has 2 aromatic rings. The van der Waals surface area contributed by atoms with E-state index in [2.05, 4.69) is 24.0 Å². The predicted molar refractivity (Wildman–Crippen MR) is 56.3 cm³/mol. The van der Waals surface area contributed by atoms with E-state index in [1.54, 1.807) is 17.5 Å². The molecule has 13 heavy (non-hydrogen) atoms. The van der Waals surface area contributed by atoms with Gasteiger partial charge in [0.2, 0.25) is 5.28 Å². The molecule has 0 atom stereocenters. The van der Waals surface area contributed by atoms with Crippen LogP contribution in [-0.2, 0) is 7.05 Å². The first-order valence-electron chi connectivity index (χ1n) is 3.92. The summed E-state index contributed by atoms with van der Waals surface area (Å²) in [5.74, 6) is 0. The standard InChI is InChI=1S/C9H9ClN2S/c1-6-3-4-8(13-6)7-5-11-9(10)12(7)2/h3-5H,1-2H3. The van der Waals surface area contributed by atoms with E-state index in [4.69, 9.17) is 11.6 Å². The summed E-state index contributed by atoms with van der Waals surface area (Å²) in [7, 11) is 1.92. The molecule has 0 spiro atoms. The van der Waals surface area contributed by atoms with Gasteiger partial charge in [0.1, 0.15) is 0 Å². The van der Waals surface area contributed by atoms with Gasteiger partial charge in [-0.05, 0) is 30.7 Å². The minimum atomic E-state index is 0.529. The third kappa shape index (κ3) is 1.49. The number of nitrogens with zero attached hydrogens (tertiary/aromatic N) is 2. The van der Waals surface area contributed by atoms with Crippen LogP contribution in [0.15, 0.2) is 18.3 Å². The monoisotopic (exact) mass is 212 g/mol. The summed E-state index contributed by atoms with van der Waals surface area (Å²) in [4.78, 5) is 6.54. The summed E-state index contributed by atoms with van der Waals surface area (Å²) in [6.07, 6.45) is 1.80. The lowest BCUT2D eigenvalue weighted by Crippen LogP contribution is -1.88. The Bertz CT molecular complexity index is 431. The maximum atomic E-state index is 5.84. The van der Waals surface area contributed by atoms with Crippen molar-refractivity contribution in [2.75, 3.05) is 0 Å². The van der Waals surface area contributed by atoms with E-state index in [1.165, 1.54) is 9.75 Å². The molecular formula is C9H9ClN2S. The zero-order valence-corrected chi connectivity index (χ0v) is 8.99. The molecule has 2 heterocycles. The molecule has 68 valence electrons. The number of thiophene rings is 1. The molecule has 2 nitrogen and oxygen atoms in total. The molecule has 0 aliphatic heterocycles. The van der Waals surface area contributed by atoms with Crippen molar-refractivity contribution in [3.63, 3.8) is 0 Å². The van der Waals surface area contributed by atoms with Crippen molar-refractivity contribution in [3.8, 4) is 10.6 Å². The van der Waals surface area contributed by atoms with Gasteiger partial charge in [0, 0.05) is 11.9 Å². The first-order chi connectivity index (χ1) is 6.18. The second kappa shape index (κ2) is 3.16. The van der Waals surface area contributed by atoms with Crippen LogP contribution in [0.2, 0.25) is 5.28 Å². The van der Waals surface area contributed by atoms with Gasteiger partial charge in [0.05, 0.1) is 16.8 Å². The largest absolute Gasteiger partial charge is 0.317 e. The van der Waals surface area contributed by atoms with E-state index in [0.29, 0.717) is 5.28 Å². The third-order valence-corrected chi connectivity index (χ3v) is 3.30. The fourth-order valence-corrected chi connectivity index (χ4v) is 2.24. The molecule has 0 aliphatic rings. The highest BCUT2D eigenvalue weighted by molar-refractivity contribution is 7.15. The molecule has 0 saturated carbocycles. The average Bonchev–Trinajstić information content (AvgIpc) is 2.62. The molecule has 0 unspecified atom stereocenters. The normalized spacial score (nSPS) is 10.7. The molecule has 4 heteroatoms. The lowest BCUT2D eigenvalue weighted by Gasteiger charge is -1.98. The van der Waals surface area contributed by atoms with E-state index in [-0.39, 0.29) is 0 Å². The van der Waals surface area contributed by atoms with Crippen LogP contribution in [0.4, 0.5) is 0 Å². The van der Waals surface area contributed by atoms with Gasteiger partial charge in [0.15, 0.2) is 0 Å². The van der Waals surface area contributed by atoms with Crippen molar-refractivity contribution in [1.29, 1.82) is 0 Å². The molecule has 0 amide bonds. The predicted octanol–water partition coefficient (Wildman–Crippen LogP) is 3.11. The van der Waals surface area contributed by atoms with Gasteiger partial charge >= 0.3 is 0 Å². The molecule has 0 N–H and O–H groups in total. The summed E-state index contributed by atoms with van der Waals surface area (Å²) in [6, 6.07) is 4.19. The maximum Gasteiger partial charge on any atom is 0.202 e. The van der Waals surface area contributed by atoms with Crippen molar-refractivity contribution in [3.05, 3.63) is 28.5 Å². The Labute approximate surface area is 85.8 Å². The van der Waals surface area contributed by atoms with Crippen molar-refractivity contribution < 1.29 is 0 Å². The summed E-state index contributed by atoms with van der Waals surface area (Å²) >= 11 is 7.59. The second-order valence-corrected chi connectivity index (χ2v) is 4.51. The number of rotatable bonds is 1. The first-order valence-corrected chi connectivity index (χ1v) is 5.12. The van der Waals surface area contributed by atoms with Crippen LogP contribution in [0, 0.1) is 6.92 Å². The van der Waals surface area contributed by atoms with E-state index in [1.807, 2.05) is 11.6 Å². The minimum Gasteiger partial charge on any atom is -0.317 e. The van der Waals surface area contributed by atoms with Gasteiger partial charge in [-0.25, -0.2) is 4.98 Å². The quantitative estimate of drug-likeness (QED) is 0.710. The molecule has 0 bridgehead atoms. The Morgan fingerprint density at radius 2 is 2.23 bits per heavy atom. The van der Waals surface area contributed by atoms with Crippen LogP contribution in [0.25, 0.3) is 10.6 Å². The van der Waals surface area contributed by atoms with Gasteiger partial charge in [-0.2, -0.15) is 0 Å². The SMILES string of the molecule is Cc1ccc(-c2cnc(Cl)n2C)s1. The Morgan fingerprint density at radius 1 is 1.46 bits per heavy atom. The van der Waals surface area contributed by atoms with Gasteiger partial charge in [0.25, 0.3) is 0 Å². The second-order valence-electron chi connectivity index (χ2n) is 2.88. The van der Waals surface area contributed by atoms with E-state index in [0.717, 1.165) is 5.69 Å². The molecule has 0 saturated heterocycles. The Kier molecular flexibility index (Phi) is 2.14. The smallest absolute Gasteiger partial charge is 0.202 e. The zero-order valence-electron chi connectivity index (χ0n) is 7.41. The summed E-state index contributed by atoms with van der Waals surface area (Å²) in [5.41, 5.74) is 1.07. The lowest BCUT2D eigenvalue weighted by atomic mass is 10.3. The summed E-state index contributed by atoms with van der Waals surface area (Å²) in [5, 5.41) is 0.529. The van der Waals surface area contributed by atoms with Crippen molar-refractivity contribution >= 4 is 22.9 Å². The van der Waals surface area contributed by atoms with Gasteiger partial charge in [-0.3, -0.25) is 0 Å². The van der Waals surface area contributed by atoms with Gasteiger partial charge < -0.3 is 4.57 Å². The van der Waals surface area contributed by atoms with Crippen LogP contribution in [-0.4, -0.2) is 9.55 Å². The van der Waals surface area contributed by atoms with Crippen molar-refractivity contribution in [2.24, 2.45) is 7.05 Å². The van der Waals surface area contributed by atoms with Crippen molar-refractivity contribution in [2.45, 2.75) is 6.92 Å². The van der Waals surface area contributed by atoms with Gasteiger partial charge in [-0.1, -0.05) is 0 Å². The maximum absolute atomic E-state index is 5.84. The highest BCUT2D eigenvalue weighted by Crippen LogP contribution is 2.28. The highest BCUT2D eigenvalue weighted by atomic mass is 35.5. The molecule has 0 radical (unpaired) electrons. The Balaban J connectivity index is 2.52. The van der Waals surface area contributed by atoms with Crippen LogP contribution >= 0.6 is 22.9 Å². The molecule has 2 aromatic heterocycles. The van der Waals surface area contributed by atoms with Crippen molar-refractivity contribution in [1.82, 2.24) is 9.55 Å². The van der Waals surface area contributed by atoms with E-state index >= 15 is 0 Å². The van der Waals surface area contributed by atoms with Crippen LogP contribution in [0.5, 0.6) is 0 Å². The highest BCUT2D eigenvalue weighted by Gasteiger charge is 2.07. The van der Waals surface area contributed by atoms with Crippen LogP contribution < -0.4 is 0 Å². The van der Waals surface area contributed by atoms with Crippen LogP contribution in [0.3, 0.4) is 0 Å². The minimum absolute atomic E-state index is 0.529. The number of halogens is 1. The molecule has 0 fully saturated rings. The van der Waals surface area contributed by atoms with E-state index in [9.17, 15) is 0 Å². The fraction of sp³-hybridized carbons (Fsp3) is 0.222. The Morgan fingerprint density at radius 3 is 2.69 bits per heavy atom. The number of aromatic nitrogens is 2. The molecular weight excluding hydrogens is 204 g/mol. The van der Waals surface area contributed by atoms with Gasteiger partial charge in [-0.15, -0.1) is 11.3 Å². The number of imidazole rings is 1. The average molecular weight is 213 g/mol. The lowest BCUT2D eigenvalue weighted by molar-refractivity contribution is 0.925. The van der Waals surface area contributed by atoms with Crippen LogP contribution in [0.1, 0.15) is 4.88 Å². The topological polar surface area (TPSA) is 17.8 Å². The number of aryl methyl sites for hydroxylation is 1. The molecule has 0 aromatic carbocycles. The zero-order chi connectivity index (χ0) is 9.42. The summed E-state index contributed by atoms with van der Waals surface area (Å²) < 4.78 is 1.88. The summed E-state index contributed by atoms with van der Waals surface area (Å²) in [6.45, 7) is 2.09. The number of hydrogen-bond donors (Lipinski definition) is 0. The molecule has 0 aliphatic carbocycles. The third-order valence-electron chi connectivity index (χ3n) is 1.92. The molecule has 2 rings (SSSR count).